The second-order valence-electron chi connectivity index (χ2n) is 6.14. The Morgan fingerprint density at radius 2 is 2.00 bits per heavy atom. The molecule has 1 aromatic carbocycles. The third kappa shape index (κ3) is 4.27. The molecule has 2 heterocycles. The number of furan rings is 1. The predicted octanol–water partition coefficient (Wildman–Crippen LogP) is -0.153. The average molecular weight is 380 g/mol. The van der Waals surface area contributed by atoms with E-state index in [1.54, 1.807) is 18.4 Å². The van der Waals surface area contributed by atoms with Crippen LogP contribution in [0.3, 0.4) is 0 Å². The van der Waals surface area contributed by atoms with Gasteiger partial charge in [0.1, 0.15) is 18.3 Å². The SMILES string of the molecule is O=C(N[C@@H]1CS(=O)(=O)C[C@H]1[NH2+]Cc1ccco1)c1ccc([N+](=O)[O-])cc1. The van der Waals surface area contributed by atoms with Crippen molar-refractivity contribution in [2.75, 3.05) is 11.5 Å². The maximum Gasteiger partial charge on any atom is 0.269 e. The minimum absolute atomic E-state index is 0.0289. The molecule has 0 spiro atoms. The lowest BCUT2D eigenvalue weighted by Gasteiger charge is -2.17. The molecule has 0 bridgehead atoms. The van der Waals surface area contributed by atoms with Gasteiger partial charge in [-0.3, -0.25) is 14.9 Å². The third-order valence-corrected chi connectivity index (χ3v) is 6.02. The summed E-state index contributed by atoms with van der Waals surface area (Å²) < 4.78 is 29.2. The van der Waals surface area contributed by atoms with Gasteiger partial charge in [0.25, 0.3) is 11.6 Å². The first kappa shape index (κ1) is 18.1. The van der Waals surface area contributed by atoms with Crippen LogP contribution in [0.5, 0.6) is 0 Å². The predicted molar refractivity (Wildman–Crippen MR) is 91.1 cm³/mol. The van der Waals surface area contributed by atoms with E-state index in [4.69, 9.17) is 4.42 Å². The van der Waals surface area contributed by atoms with Crippen molar-refractivity contribution in [3.63, 3.8) is 0 Å². The van der Waals surface area contributed by atoms with Crippen molar-refractivity contribution in [3.8, 4) is 0 Å². The number of nitro benzene ring substituents is 1. The van der Waals surface area contributed by atoms with E-state index in [-0.39, 0.29) is 28.8 Å². The maximum atomic E-state index is 12.4. The Bertz CT molecular complexity index is 893. The van der Waals surface area contributed by atoms with Crippen LogP contribution in [0.2, 0.25) is 0 Å². The molecule has 0 unspecified atom stereocenters. The van der Waals surface area contributed by atoms with Crippen LogP contribution in [0, 0.1) is 10.1 Å². The highest BCUT2D eigenvalue weighted by Crippen LogP contribution is 2.14. The van der Waals surface area contributed by atoms with Gasteiger partial charge < -0.3 is 15.1 Å². The topological polar surface area (TPSA) is 136 Å². The van der Waals surface area contributed by atoms with Gasteiger partial charge in [0.05, 0.1) is 23.0 Å². The van der Waals surface area contributed by atoms with E-state index in [9.17, 15) is 23.3 Å². The number of amides is 1. The Morgan fingerprint density at radius 1 is 1.27 bits per heavy atom. The molecular weight excluding hydrogens is 362 g/mol. The molecule has 1 aliphatic heterocycles. The first-order valence-corrected chi connectivity index (χ1v) is 9.78. The molecular formula is C16H18N3O6S+. The van der Waals surface area contributed by atoms with Crippen LogP contribution in [0.15, 0.2) is 47.1 Å². The fourth-order valence-electron chi connectivity index (χ4n) is 2.94. The number of benzene rings is 1. The standard InChI is InChI=1S/C16H17N3O6S/c20-16(11-3-5-12(6-4-11)19(21)22)18-15-10-26(23,24)9-14(15)17-8-13-2-1-7-25-13/h1-7,14-15,17H,8-10H2,(H,18,20)/p+1/t14-,15-/m1/s1. The average Bonchev–Trinajstić information content (AvgIpc) is 3.20. The van der Waals surface area contributed by atoms with Gasteiger partial charge in [-0.25, -0.2) is 8.42 Å². The van der Waals surface area contributed by atoms with E-state index in [0.29, 0.717) is 6.54 Å². The van der Waals surface area contributed by atoms with E-state index >= 15 is 0 Å². The van der Waals surface area contributed by atoms with E-state index in [0.717, 1.165) is 5.76 Å². The van der Waals surface area contributed by atoms with Gasteiger partial charge in [0, 0.05) is 17.7 Å². The number of quaternary nitrogens is 1. The summed E-state index contributed by atoms with van der Waals surface area (Å²) in [6.45, 7) is 0.469. The summed E-state index contributed by atoms with van der Waals surface area (Å²) in [4.78, 5) is 22.5. The summed E-state index contributed by atoms with van der Waals surface area (Å²) in [5, 5.41) is 15.2. The summed E-state index contributed by atoms with van der Waals surface area (Å²) in [6, 6.07) is 7.84. The molecule has 1 aliphatic rings. The van der Waals surface area contributed by atoms with Crippen molar-refractivity contribution in [3.05, 3.63) is 64.1 Å². The number of carbonyl (C=O) groups is 1. The Morgan fingerprint density at radius 3 is 2.62 bits per heavy atom. The second-order valence-corrected chi connectivity index (χ2v) is 8.30. The second kappa shape index (κ2) is 7.26. The number of nitrogens with one attached hydrogen (secondary N) is 1. The third-order valence-electron chi connectivity index (χ3n) is 4.26. The lowest BCUT2D eigenvalue weighted by Crippen LogP contribution is -2.92. The van der Waals surface area contributed by atoms with Crippen LogP contribution < -0.4 is 10.6 Å². The van der Waals surface area contributed by atoms with Crippen LogP contribution in [-0.2, 0) is 16.4 Å². The van der Waals surface area contributed by atoms with Crippen molar-refractivity contribution in [1.82, 2.24) is 5.32 Å². The van der Waals surface area contributed by atoms with E-state index in [2.05, 4.69) is 5.32 Å². The molecule has 138 valence electrons. The Hall–Kier alpha value is -2.72. The zero-order valence-corrected chi connectivity index (χ0v) is 14.5. The van der Waals surface area contributed by atoms with Crippen LogP contribution in [0.25, 0.3) is 0 Å². The normalized spacial score (nSPS) is 21.4. The Labute approximate surface area is 149 Å². The fourth-order valence-corrected chi connectivity index (χ4v) is 4.91. The van der Waals surface area contributed by atoms with Gasteiger partial charge in [-0.05, 0) is 24.3 Å². The minimum Gasteiger partial charge on any atom is -0.463 e. The maximum absolute atomic E-state index is 12.4. The fraction of sp³-hybridized carbons (Fsp3) is 0.312. The van der Waals surface area contributed by atoms with E-state index in [1.807, 2.05) is 5.32 Å². The summed E-state index contributed by atoms with van der Waals surface area (Å²) in [5.74, 6) is 0.0948. The molecule has 10 heteroatoms. The zero-order valence-electron chi connectivity index (χ0n) is 13.7. The number of rotatable bonds is 6. The highest BCUT2D eigenvalue weighted by Gasteiger charge is 2.41. The molecule has 1 fully saturated rings. The van der Waals surface area contributed by atoms with E-state index in [1.165, 1.54) is 24.3 Å². The molecule has 26 heavy (non-hydrogen) atoms. The van der Waals surface area contributed by atoms with E-state index < -0.39 is 26.7 Å². The highest BCUT2D eigenvalue weighted by molar-refractivity contribution is 7.91. The quantitative estimate of drug-likeness (QED) is 0.528. The van der Waals surface area contributed by atoms with Gasteiger partial charge >= 0.3 is 0 Å². The summed E-state index contributed by atoms with van der Waals surface area (Å²) in [6.07, 6.45) is 1.54. The zero-order chi connectivity index (χ0) is 18.7. The first-order chi connectivity index (χ1) is 12.3. The molecule has 0 saturated carbocycles. The number of nitrogens with two attached hydrogens (primary N) is 1. The lowest BCUT2D eigenvalue weighted by atomic mass is 10.1. The molecule has 3 N–H and O–H groups in total. The number of sulfone groups is 1. The number of nitro groups is 1. The Kier molecular flexibility index (Phi) is 5.05. The van der Waals surface area contributed by atoms with Gasteiger partial charge in [0.2, 0.25) is 0 Å². The molecule has 2 aromatic rings. The molecule has 1 saturated heterocycles. The smallest absolute Gasteiger partial charge is 0.269 e. The lowest BCUT2D eigenvalue weighted by molar-refractivity contribution is -0.702. The molecule has 1 aromatic heterocycles. The van der Waals surface area contributed by atoms with Crippen LogP contribution in [0.4, 0.5) is 5.69 Å². The van der Waals surface area contributed by atoms with Crippen LogP contribution in [-0.4, -0.2) is 42.8 Å². The van der Waals surface area contributed by atoms with Crippen molar-refractivity contribution in [2.45, 2.75) is 18.6 Å². The number of hydrogen-bond acceptors (Lipinski definition) is 6. The van der Waals surface area contributed by atoms with Crippen molar-refractivity contribution in [1.29, 1.82) is 0 Å². The minimum atomic E-state index is -3.25. The van der Waals surface area contributed by atoms with Crippen LogP contribution in [0.1, 0.15) is 16.1 Å². The molecule has 3 rings (SSSR count). The highest BCUT2D eigenvalue weighted by atomic mass is 32.2. The summed E-state index contributed by atoms with van der Waals surface area (Å²) in [7, 11) is -3.25. The molecule has 0 aliphatic carbocycles. The molecule has 2 atom stereocenters. The number of carbonyl (C=O) groups excluding carboxylic acids is 1. The molecule has 0 radical (unpaired) electrons. The largest absolute Gasteiger partial charge is 0.463 e. The van der Waals surface area contributed by atoms with Crippen molar-refractivity contribution < 1.29 is 27.9 Å². The first-order valence-electron chi connectivity index (χ1n) is 7.95. The van der Waals surface area contributed by atoms with Gasteiger partial charge in [0.15, 0.2) is 15.6 Å². The van der Waals surface area contributed by atoms with Crippen molar-refractivity contribution in [2.24, 2.45) is 0 Å². The van der Waals surface area contributed by atoms with Gasteiger partial charge in [-0.1, -0.05) is 0 Å². The van der Waals surface area contributed by atoms with Gasteiger partial charge in [-0.2, -0.15) is 0 Å². The van der Waals surface area contributed by atoms with Crippen molar-refractivity contribution >= 4 is 21.4 Å². The summed E-state index contributed by atoms with van der Waals surface area (Å²) in [5.41, 5.74) is 0.124. The summed E-state index contributed by atoms with van der Waals surface area (Å²) >= 11 is 0. The molecule has 1 amide bonds. The number of nitrogens with zero attached hydrogens (tertiary/aromatic N) is 1. The monoisotopic (exact) mass is 380 g/mol. The molecule has 9 nitrogen and oxygen atoms in total. The van der Waals surface area contributed by atoms with Gasteiger partial charge in [-0.15, -0.1) is 0 Å². The number of non-ortho nitro benzene ring substituents is 1. The number of hydrogen-bond donors (Lipinski definition) is 2. The Balaban J connectivity index is 1.67. The van der Waals surface area contributed by atoms with Crippen LogP contribution >= 0.6 is 0 Å².